The van der Waals surface area contributed by atoms with Gasteiger partial charge in [-0.05, 0) is 11.6 Å². The van der Waals surface area contributed by atoms with Crippen molar-refractivity contribution in [3.05, 3.63) is 36.0 Å². The van der Waals surface area contributed by atoms with Gasteiger partial charge >= 0.3 is 16.4 Å². The van der Waals surface area contributed by atoms with Crippen LogP contribution >= 0.6 is 0 Å². The van der Waals surface area contributed by atoms with Gasteiger partial charge < -0.3 is 9.67 Å². The minimum absolute atomic E-state index is 0.00773. The molecule has 114 valence electrons. The van der Waals surface area contributed by atoms with E-state index in [0.29, 0.717) is 5.56 Å². The number of para-hydroxylation sites is 1. The van der Waals surface area contributed by atoms with Crippen LogP contribution in [0.4, 0.5) is 0 Å². The van der Waals surface area contributed by atoms with Crippen molar-refractivity contribution in [3.63, 3.8) is 0 Å². The van der Waals surface area contributed by atoms with E-state index >= 15 is 0 Å². The number of rotatable bonds is 6. The summed E-state index contributed by atoms with van der Waals surface area (Å²) in [5, 5.41) is 9.95. The van der Waals surface area contributed by atoms with Crippen molar-refractivity contribution < 1.29 is 27.2 Å². The summed E-state index contributed by atoms with van der Waals surface area (Å²) < 4.78 is 35.3. The highest BCUT2D eigenvalue weighted by atomic mass is 32.3. The van der Waals surface area contributed by atoms with Gasteiger partial charge in [-0.25, -0.2) is 0 Å². The first kappa shape index (κ1) is 15.4. The predicted molar refractivity (Wildman–Crippen MR) is 73.8 cm³/mol. The van der Waals surface area contributed by atoms with E-state index in [1.807, 2.05) is 41.4 Å². The number of carbonyl (C=O) groups is 1. The average molecular weight is 314 g/mol. The molecule has 0 amide bonds. The summed E-state index contributed by atoms with van der Waals surface area (Å²) in [4.78, 5) is 11.1. The molecule has 0 radical (unpaired) electrons. The minimum atomic E-state index is -4.76. The molecular formula is C12H14N2O6S. The lowest BCUT2D eigenvalue weighted by Crippen LogP contribution is -2.39. The summed E-state index contributed by atoms with van der Waals surface area (Å²) in [5.74, 6) is -1.30. The first-order chi connectivity index (χ1) is 9.78. The Morgan fingerprint density at radius 1 is 1.43 bits per heavy atom. The van der Waals surface area contributed by atoms with Gasteiger partial charge in [0.1, 0.15) is 6.04 Å². The van der Waals surface area contributed by atoms with Crippen LogP contribution in [0.3, 0.4) is 0 Å². The molecule has 1 heterocycles. The number of benzene rings is 1. The number of aryl methyl sites for hydroxylation is 1. The molecule has 2 rings (SSSR count). The largest absolute Gasteiger partial charge is 0.480 e. The molecule has 0 fully saturated rings. The lowest BCUT2D eigenvalue weighted by Gasteiger charge is -2.11. The third-order valence-electron chi connectivity index (χ3n) is 3.00. The number of aliphatic carboxylic acids is 1. The van der Waals surface area contributed by atoms with E-state index in [9.17, 15) is 13.2 Å². The first-order valence-electron chi connectivity index (χ1n) is 5.95. The number of carboxylic acids is 1. The molecule has 8 nitrogen and oxygen atoms in total. The van der Waals surface area contributed by atoms with Crippen molar-refractivity contribution in [3.8, 4) is 0 Å². The SMILES string of the molecule is Cn1cc(C[C@@H](NOS(=O)(=O)O)C(=O)O)c2ccccc21. The Bertz CT molecular complexity index is 767. The zero-order chi connectivity index (χ0) is 15.6. The molecule has 0 unspecified atom stereocenters. The second-order valence-electron chi connectivity index (χ2n) is 4.51. The molecule has 1 aromatic heterocycles. The van der Waals surface area contributed by atoms with E-state index in [0.717, 1.165) is 10.9 Å². The van der Waals surface area contributed by atoms with Crippen molar-refractivity contribution >= 4 is 27.3 Å². The number of hydrogen-bond acceptors (Lipinski definition) is 5. The van der Waals surface area contributed by atoms with Crippen molar-refractivity contribution in [2.45, 2.75) is 12.5 Å². The number of carboxylic acid groups (broad SMARTS) is 1. The fraction of sp³-hybridized carbons (Fsp3) is 0.250. The van der Waals surface area contributed by atoms with Crippen LogP contribution in [-0.4, -0.2) is 34.7 Å². The van der Waals surface area contributed by atoms with Crippen molar-refractivity contribution in [2.24, 2.45) is 7.05 Å². The molecule has 0 aliphatic heterocycles. The third kappa shape index (κ3) is 3.79. The second-order valence-corrected chi connectivity index (χ2v) is 5.53. The minimum Gasteiger partial charge on any atom is -0.480 e. The van der Waals surface area contributed by atoms with Crippen LogP contribution in [0.25, 0.3) is 10.9 Å². The van der Waals surface area contributed by atoms with Crippen LogP contribution in [0, 0.1) is 0 Å². The van der Waals surface area contributed by atoms with E-state index in [-0.39, 0.29) is 6.42 Å². The standard InChI is InChI=1S/C12H14N2O6S/c1-14-7-8(9-4-2-3-5-11(9)14)6-10(12(15)16)13-20-21(17,18)19/h2-5,7,10,13H,6H2,1H3,(H,15,16)(H,17,18,19)/t10-/m1/s1. The van der Waals surface area contributed by atoms with Gasteiger partial charge in [0, 0.05) is 30.6 Å². The van der Waals surface area contributed by atoms with Crippen LogP contribution < -0.4 is 5.48 Å². The molecule has 2 aromatic rings. The fourth-order valence-electron chi connectivity index (χ4n) is 2.11. The molecular weight excluding hydrogens is 300 g/mol. The van der Waals surface area contributed by atoms with Crippen molar-refractivity contribution in [2.75, 3.05) is 0 Å². The van der Waals surface area contributed by atoms with Gasteiger partial charge in [-0.1, -0.05) is 18.2 Å². The van der Waals surface area contributed by atoms with E-state index < -0.39 is 22.4 Å². The van der Waals surface area contributed by atoms with Crippen LogP contribution in [0.1, 0.15) is 5.56 Å². The Kier molecular flexibility index (Phi) is 4.28. The molecule has 0 bridgehead atoms. The summed E-state index contributed by atoms with van der Waals surface area (Å²) >= 11 is 0. The molecule has 0 saturated heterocycles. The molecule has 0 spiro atoms. The first-order valence-corrected chi connectivity index (χ1v) is 7.31. The molecule has 9 heteroatoms. The lowest BCUT2D eigenvalue weighted by atomic mass is 10.1. The molecule has 1 aromatic carbocycles. The second kappa shape index (κ2) is 5.82. The molecule has 0 aliphatic rings. The van der Waals surface area contributed by atoms with Gasteiger partial charge in [-0.2, -0.15) is 18.2 Å². The molecule has 0 aliphatic carbocycles. The third-order valence-corrected chi connectivity index (χ3v) is 3.30. The summed E-state index contributed by atoms with van der Waals surface area (Å²) in [5.41, 5.74) is 3.47. The highest BCUT2D eigenvalue weighted by Gasteiger charge is 2.22. The summed E-state index contributed by atoms with van der Waals surface area (Å²) in [6.07, 6.45) is 1.75. The highest BCUT2D eigenvalue weighted by Crippen LogP contribution is 2.21. The van der Waals surface area contributed by atoms with Gasteiger partial charge in [0.05, 0.1) is 0 Å². The van der Waals surface area contributed by atoms with Crippen molar-refractivity contribution in [1.82, 2.24) is 10.0 Å². The zero-order valence-electron chi connectivity index (χ0n) is 11.1. The number of aromatic nitrogens is 1. The van der Waals surface area contributed by atoms with Crippen LogP contribution in [-0.2, 0) is 32.9 Å². The average Bonchev–Trinajstić information content (AvgIpc) is 2.70. The van der Waals surface area contributed by atoms with Gasteiger partial charge in [-0.3, -0.25) is 9.35 Å². The summed E-state index contributed by atoms with van der Waals surface area (Å²) in [7, 11) is -2.94. The highest BCUT2D eigenvalue weighted by molar-refractivity contribution is 7.80. The monoisotopic (exact) mass is 314 g/mol. The molecule has 0 saturated carbocycles. The maximum atomic E-state index is 11.1. The van der Waals surface area contributed by atoms with Gasteiger partial charge in [-0.15, -0.1) is 0 Å². The number of nitrogens with zero attached hydrogens (tertiary/aromatic N) is 1. The van der Waals surface area contributed by atoms with Crippen LogP contribution in [0.15, 0.2) is 30.5 Å². The maximum Gasteiger partial charge on any atom is 0.413 e. The van der Waals surface area contributed by atoms with E-state index in [1.165, 1.54) is 0 Å². The summed E-state index contributed by atoms with van der Waals surface area (Å²) in [6.45, 7) is 0. The Labute approximate surface area is 120 Å². The van der Waals surface area contributed by atoms with Gasteiger partial charge in [0.25, 0.3) is 0 Å². The molecule has 21 heavy (non-hydrogen) atoms. The number of fused-ring (bicyclic) bond motifs is 1. The van der Waals surface area contributed by atoms with Crippen LogP contribution in [0.5, 0.6) is 0 Å². The predicted octanol–water partition coefficient (Wildman–Crippen LogP) is 0.498. The lowest BCUT2D eigenvalue weighted by molar-refractivity contribution is -0.141. The van der Waals surface area contributed by atoms with E-state index in [2.05, 4.69) is 4.28 Å². The maximum absolute atomic E-state index is 11.1. The fourth-order valence-corrected chi connectivity index (χ4v) is 2.34. The molecule has 3 N–H and O–H groups in total. The summed E-state index contributed by atoms with van der Waals surface area (Å²) in [6, 6.07) is 6.09. The Morgan fingerprint density at radius 2 is 2.10 bits per heavy atom. The number of hydroxylamine groups is 1. The number of hydrogen-bond donors (Lipinski definition) is 3. The Morgan fingerprint density at radius 3 is 2.71 bits per heavy atom. The Hall–Kier alpha value is -1.94. The van der Waals surface area contributed by atoms with E-state index in [1.54, 1.807) is 6.20 Å². The normalized spacial score (nSPS) is 13.4. The quantitative estimate of drug-likeness (QED) is 0.525. The van der Waals surface area contributed by atoms with Gasteiger partial charge in [0.15, 0.2) is 0 Å². The van der Waals surface area contributed by atoms with E-state index in [4.69, 9.17) is 9.66 Å². The number of nitrogens with one attached hydrogen (secondary N) is 1. The van der Waals surface area contributed by atoms with Gasteiger partial charge in [0.2, 0.25) is 0 Å². The smallest absolute Gasteiger partial charge is 0.413 e. The topological polar surface area (TPSA) is 118 Å². The molecule has 1 atom stereocenters. The van der Waals surface area contributed by atoms with Crippen molar-refractivity contribution in [1.29, 1.82) is 0 Å². The van der Waals surface area contributed by atoms with Crippen LogP contribution in [0.2, 0.25) is 0 Å². The Balaban J connectivity index is 2.25. The zero-order valence-corrected chi connectivity index (χ0v) is 11.9.